The number of nitrogens with zero attached hydrogens (tertiary/aromatic N) is 1. The Morgan fingerprint density at radius 1 is 1.30 bits per heavy atom. The van der Waals surface area contributed by atoms with Crippen molar-refractivity contribution in [1.29, 1.82) is 0 Å². The van der Waals surface area contributed by atoms with Crippen molar-refractivity contribution in [3.05, 3.63) is 35.9 Å². The third kappa shape index (κ3) is 6.32. The number of hydrogen-bond acceptors (Lipinski definition) is 4. The summed E-state index contributed by atoms with van der Waals surface area (Å²) < 4.78 is 4.77. The van der Waals surface area contributed by atoms with Crippen molar-refractivity contribution < 1.29 is 9.53 Å². The number of ether oxygens (including phenoxy) is 1. The lowest BCUT2D eigenvalue weighted by atomic mass is 9.90. The second kappa shape index (κ2) is 9.68. The van der Waals surface area contributed by atoms with E-state index >= 15 is 0 Å². The zero-order valence-electron chi connectivity index (χ0n) is 14.5. The molecule has 1 aliphatic heterocycles. The fourth-order valence-electron chi connectivity index (χ4n) is 3.46. The van der Waals surface area contributed by atoms with Crippen molar-refractivity contribution in [2.45, 2.75) is 45.2 Å². The van der Waals surface area contributed by atoms with Crippen LogP contribution in [0.2, 0.25) is 0 Å². The highest BCUT2D eigenvalue weighted by molar-refractivity contribution is 5.69. The number of hydrogen-bond donors (Lipinski definition) is 1. The Labute approximate surface area is 140 Å². The van der Waals surface area contributed by atoms with E-state index in [9.17, 15) is 4.79 Å². The van der Waals surface area contributed by atoms with E-state index < -0.39 is 0 Å². The molecule has 1 aromatic carbocycles. The van der Waals surface area contributed by atoms with E-state index in [0.717, 1.165) is 32.1 Å². The molecule has 2 atom stereocenters. The van der Waals surface area contributed by atoms with Crippen LogP contribution in [0.1, 0.15) is 38.2 Å². The van der Waals surface area contributed by atoms with Gasteiger partial charge < -0.3 is 15.0 Å². The van der Waals surface area contributed by atoms with Crippen LogP contribution < -0.4 is 5.32 Å². The van der Waals surface area contributed by atoms with Gasteiger partial charge in [0.15, 0.2) is 0 Å². The lowest BCUT2D eigenvalue weighted by molar-refractivity contribution is -0.141. The summed E-state index contributed by atoms with van der Waals surface area (Å²) in [6, 6.07) is 11.0. The topological polar surface area (TPSA) is 41.6 Å². The molecule has 0 aromatic heterocycles. The minimum absolute atomic E-state index is 0.114. The smallest absolute Gasteiger partial charge is 0.306 e. The van der Waals surface area contributed by atoms with E-state index in [1.54, 1.807) is 0 Å². The molecule has 1 N–H and O–H groups in total. The first-order chi connectivity index (χ1) is 11.2. The SMILES string of the molecule is CCCC1CC(NCc2ccccc2)CN(CCC(=O)OC)C1. The first-order valence-electron chi connectivity index (χ1n) is 8.77. The maximum Gasteiger partial charge on any atom is 0.306 e. The molecule has 23 heavy (non-hydrogen) atoms. The molecule has 0 bridgehead atoms. The Bertz CT molecular complexity index is 464. The largest absolute Gasteiger partial charge is 0.469 e. The molecule has 0 amide bonds. The van der Waals surface area contributed by atoms with Crippen LogP contribution in [-0.4, -0.2) is 43.7 Å². The van der Waals surface area contributed by atoms with Gasteiger partial charge in [0.2, 0.25) is 0 Å². The van der Waals surface area contributed by atoms with Crippen molar-refractivity contribution in [3.8, 4) is 0 Å². The molecular formula is C19H30N2O2. The summed E-state index contributed by atoms with van der Waals surface area (Å²) in [5.74, 6) is 0.607. The molecule has 0 radical (unpaired) electrons. The average molecular weight is 318 g/mol. The van der Waals surface area contributed by atoms with Crippen LogP contribution in [0.25, 0.3) is 0 Å². The van der Waals surface area contributed by atoms with Crippen LogP contribution in [0.15, 0.2) is 30.3 Å². The van der Waals surface area contributed by atoms with Crippen molar-refractivity contribution in [2.24, 2.45) is 5.92 Å². The van der Waals surface area contributed by atoms with E-state index in [-0.39, 0.29) is 5.97 Å². The fourth-order valence-corrected chi connectivity index (χ4v) is 3.46. The molecular weight excluding hydrogens is 288 g/mol. The van der Waals surface area contributed by atoms with Gasteiger partial charge >= 0.3 is 5.97 Å². The monoisotopic (exact) mass is 318 g/mol. The number of methoxy groups -OCH3 is 1. The predicted octanol–water partition coefficient (Wildman–Crippen LogP) is 2.83. The third-order valence-corrected chi connectivity index (χ3v) is 4.61. The molecule has 0 spiro atoms. The number of benzene rings is 1. The van der Waals surface area contributed by atoms with Crippen LogP contribution in [-0.2, 0) is 16.1 Å². The molecule has 1 aliphatic rings. The first-order valence-corrected chi connectivity index (χ1v) is 8.77. The second-order valence-electron chi connectivity index (χ2n) is 6.54. The Balaban J connectivity index is 1.85. The number of esters is 1. The summed E-state index contributed by atoms with van der Waals surface area (Å²) in [5, 5.41) is 3.70. The number of carbonyl (C=O) groups is 1. The molecule has 1 saturated heterocycles. The zero-order chi connectivity index (χ0) is 16.5. The van der Waals surface area contributed by atoms with Crippen LogP contribution in [0.5, 0.6) is 0 Å². The van der Waals surface area contributed by atoms with Crippen molar-refractivity contribution in [1.82, 2.24) is 10.2 Å². The summed E-state index contributed by atoms with van der Waals surface area (Å²) in [5.41, 5.74) is 1.33. The average Bonchev–Trinajstić information content (AvgIpc) is 2.59. The van der Waals surface area contributed by atoms with Crippen LogP contribution in [0.4, 0.5) is 0 Å². The van der Waals surface area contributed by atoms with Crippen molar-refractivity contribution >= 4 is 5.97 Å². The summed E-state index contributed by atoms with van der Waals surface area (Å²) in [7, 11) is 1.46. The van der Waals surface area contributed by atoms with Gasteiger partial charge in [-0.1, -0.05) is 43.7 Å². The van der Waals surface area contributed by atoms with Crippen LogP contribution >= 0.6 is 0 Å². The molecule has 4 nitrogen and oxygen atoms in total. The van der Waals surface area contributed by atoms with E-state index in [2.05, 4.69) is 47.5 Å². The van der Waals surface area contributed by atoms with Crippen molar-refractivity contribution in [3.63, 3.8) is 0 Å². The highest BCUT2D eigenvalue weighted by atomic mass is 16.5. The number of likely N-dealkylation sites (tertiary alicyclic amines) is 1. The maximum absolute atomic E-state index is 11.4. The summed E-state index contributed by atoms with van der Waals surface area (Å²) in [6.07, 6.45) is 4.20. The third-order valence-electron chi connectivity index (χ3n) is 4.61. The summed E-state index contributed by atoms with van der Waals surface area (Å²) >= 11 is 0. The summed E-state index contributed by atoms with van der Waals surface area (Å²) in [4.78, 5) is 13.8. The molecule has 0 saturated carbocycles. The molecule has 128 valence electrons. The standard InChI is InChI=1S/C19H30N2O2/c1-3-7-17-12-18(20-13-16-8-5-4-6-9-16)15-21(14-17)11-10-19(22)23-2/h4-6,8-9,17-18,20H,3,7,10-15H2,1-2H3. The normalized spacial score (nSPS) is 22.0. The molecule has 4 heteroatoms. The Hall–Kier alpha value is -1.39. The van der Waals surface area contributed by atoms with Gasteiger partial charge in [-0.2, -0.15) is 0 Å². The lowest BCUT2D eigenvalue weighted by Crippen LogP contribution is -2.49. The van der Waals surface area contributed by atoms with Gasteiger partial charge in [0.25, 0.3) is 0 Å². The van der Waals surface area contributed by atoms with E-state index in [4.69, 9.17) is 4.74 Å². The van der Waals surface area contributed by atoms with Gasteiger partial charge in [-0.3, -0.25) is 4.79 Å². The van der Waals surface area contributed by atoms with Gasteiger partial charge in [-0.25, -0.2) is 0 Å². The molecule has 1 heterocycles. The van der Waals surface area contributed by atoms with Gasteiger partial charge in [0.05, 0.1) is 13.5 Å². The molecule has 1 aromatic rings. The molecule has 1 fully saturated rings. The number of nitrogens with one attached hydrogen (secondary N) is 1. The highest BCUT2D eigenvalue weighted by Crippen LogP contribution is 2.22. The molecule has 0 aliphatic carbocycles. The minimum atomic E-state index is -0.114. The molecule has 2 unspecified atom stereocenters. The second-order valence-corrected chi connectivity index (χ2v) is 6.54. The highest BCUT2D eigenvalue weighted by Gasteiger charge is 2.26. The van der Waals surface area contributed by atoms with E-state index in [1.165, 1.54) is 31.9 Å². The van der Waals surface area contributed by atoms with Crippen molar-refractivity contribution in [2.75, 3.05) is 26.7 Å². The van der Waals surface area contributed by atoms with Gasteiger partial charge in [-0.15, -0.1) is 0 Å². The maximum atomic E-state index is 11.4. The van der Waals surface area contributed by atoms with Crippen LogP contribution in [0.3, 0.4) is 0 Å². The van der Waals surface area contributed by atoms with Gasteiger partial charge in [0, 0.05) is 32.2 Å². The summed E-state index contributed by atoms with van der Waals surface area (Å²) in [6.45, 7) is 6.09. The Morgan fingerprint density at radius 3 is 2.78 bits per heavy atom. The number of piperidine rings is 1. The zero-order valence-corrected chi connectivity index (χ0v) is 14.5. The Morgan fingerprint density at radius 2 is 2.09 bits per heavy atom. The van der Waals surface area contributed by atoms with E-state index in [1.807, 2.05) is 0 Å². The number of carbonyl (C=O) groups excluding carboxylic acids is 1. The van der Waals surface area contributed by atoms with Gasteiger partial charge in [-0.05, 0) is 24.3 Å². The molecule has 2 rings (SSSR count). The lowest BCUT2D eigenvalue weighted by Gasteiger charge is -2.38. The quantitative estimate of drug-likeness (QED) is 0.748. The Kier molecular flexibility index (Phi) is 7.56. The minimum Gasteiger partial charge on any atom is -0.469 e. The first kappa shape index (κ1) is 18.0. The van der Waals surface area contributed by atoms with Crippen LogP contribution in [0, 0.1) is 5.92 Å². The fraction of sp³-hybridized carbons (Fsp3) is 0.632. The predicted molar refractivity (Wildman–Crippen MR) is 93.2 cm³/mol. The van der Waals surface area contributed by atoms with Gasteiger partial charge in [0.1, 0.15) is 0 Å². The number of rotatable bonds is 8. The van der Waals surface area contributed by atoms with E-state index in [0.29, 0.717) is 12.5 Å².